The molecule has 2 N–H and O–H groups in total. The van der Waals surface area contributed by atoms with Crippen molar-refractivity contribution in [3.63, 3.8) is 0 Å². The van der Waals surface area contributed by atoms with Gasteiger partial charge >= 0.3 is 0 Å². The van der Waals surface area contributed by atoms with Crippen LogP contribution in [0.5, 0.6) is 5.75 Å². The van der Waals surface area contributed by atoms with Crippen LogP contribution in [0.2, 0.25) is 0 Å². The lowest BCUT2D eigenvalue weighted by atomic mass is 10.1. The van der Waals surface area contributed by atoms with Crippen molar-refractivity contribution in [2.75, 3.05) is 0 Å². The Balaban J connectivity index is 1.67. The normalized spacial score (nSPS) is 13.8. The van der Waals surface area contributed by atoms with E-state index in [1.165, 1.54) is 10.9 Å². The Morgan fingerprint density at radius 2 is 1.70 bits per heavy atom. The van der Waals surface area contributed by atoms with Gasteiger partial charge in [-0.1, -0.05) is 36.4 Å². The number of aromatic nitrogens is 1. The molecule has 0 bridgehead atoms. The van der Waals surface area contributed by atoms with E-state index in [2.05, 4.69) is 37.4 Å². The lowest BCUT2D eigenvalue weighted by Gasteiger charge is -2.20. The predicted octanol–water partition coefficient (Wildman–Crippen LogP) is 4.22. The zero-order valence-electron chi connectivity index (χ0n) is 13.5. The number of aromatic hydroxyl groups is 1. The minimum atomic E-state index is 0.187. The van der Waals surface area contributed by atoms with E-state index in [4.69, 9.17) is 4.98 Å². The van der Waals surface area contributed by atoms with E-state index in [0.717, 1.165) is 17.6 Å². The molecule has 0 saturated heterocycles. The highest BCUT2D eigenvalue weighted by Gasteiger charge is 2.11. The van der Waals surface area contributed by atoms with Crippen LogP contribution in [0.15, 0.2) is 60.7 Å². The number of hydrogen-bond acceptors (Lipinski definition) is 3. The van der Waals surface area contributed by atoms with Gasteiger partial charge in [-0.3, -0.25) is 4.98 Å². The van der Waals surface area contributed by atoms with Gasteiger partial charge in [-0.25, -0.2) is 0 Å². The zero-order chi connectivity index (χ0) is 16.2. The summed E-state index contributed by atoms with van der Waals surface area (Å²) in [7, 11) is 0. The molecular weight excluding hydrogens is 284 g/mol. The number of hydrogen-bond donors (Lipinski definition) is 2. The van der Waals surface area contributed by atoms with E-state index in [1.54, 1.807) is 12.1 Å². The topological polar surface area (TPSA) is 45.1 Å². The highest BCUT2D eigenvalue weighted by atomic mass is 16.3. The fourth-order valence-electron chi connectivity index (χ4n) is 2.88. The van der Waals surface area contributed by atoms with Gasteiger partial charge in [-0.05, 0) is 50.1 Å². The summed E-state index contributed by atoms with van der Waals surface area (Å²) in [6.45, 7) is 4.31. The molecule has 0 saturated carbocycles. The third-order valence-corrected chi connectivity index (χ3v) is 4.08. The van der Waals surface area contributed by atoms with E-state index in [9.17, 15) is 5.11 Å². The van der Waals surface area contributed by atoms with Gasteiger partial charge in [0.25, 0.3) is 0 Å². The highest BCUT2D eigenvalue weighted by Crippen LogP contribution is 2.18. The SMILES string of the molecule is C[C@H](N[C@@H](C)Cc1ccc(O)cc1)c1ccc2ccccc2n1. The molecule has 3 rings (SSSR count). The molecule has 0 radical (unpaired) electrons. The summed E-state index contributed by atoms with van der Waals surface area (Å²) in [5, 5.41) is 14.1. The van der Waals surface area contributed by atoms with Gasteiger partial charge in [0.15, 0.2) is 0 Å². The molecule has 1 heterocycles. The predicted molar refractivity (Wildman–Crippen MR) is 94.6 cm³/mol. The van der Waals surface area contributed by atoms with Crippen molar-refractivity contribution in [3.05, 3.63) is 71.9 Å². The number of phenols is 1. The fourth-order valence-corrected chi connectivity index (χ4v) is 2.88. The highest BCUT2D eigenvalue weighted by molar-refractivity contribution is 5.78. The second-order valence-corrected chi connectivity index (χ2v) is 6.09. The molecule has 1 aromatic heterocycles. The van der Waals surface area contributed by atoms with Crippen LogP contribution in [0.1, 0.15) is 31.1 Å². The van der Waals surface area contributed by atoms with E-state index >= 15 is 0 Å². The van der Waals surface area contributed by atoms with Gasteiger partial charge in [0.05, 0.1) is 11.2 Å². The zero-order valence-corrected chi connectivity index (χ0v) is 13.5. The number of benzene rings is 2. The van der Waals surface area contributed by atoms with Crippen molar-refractivity contribution in [1.29, 1.82) is 0 Å². The van der Waals surface area contributed by atoms with Gasteiger partial charge in [0.2, 0.25) is 0 Å². The minimum absolute atomic E-state index is 0.187. The molecule has 0 aliphatic heterocycles. The average Bonchev–Trinajstić information content (AvgIpc) is 2.56. The molecule has 0 aliphatic carbocycles. The van der Waals surface area contributed by atoms with Gasteiger partial charge < -0.3 is 10.4 Å². The number of pyridine rings is 1. The van der Waals surface area contributed by atoms with Crippen LogP contribution in [0, 0.1) is 0 Å². The van der Waals surface area contributed by atoms with Crippen LogP contribution in [0.25, 0.3) is 10.9 Å². The van der Waals surface area contributed by atoms with E-state index in [1.807, 2.05) is 30.3 Å². The monoisotopic (exact) mass is 306 g/mol. The Morgan fingerprint density at radius 1 is 0.957 bits per heavy atom. The summed E-state index contributed by atoms with van der Waals surface area (Å²) in [5.41, 5.74) is 3.30. The molecule has 118 valence electrons. The summed E-state index contributed by atoms with van der Waals surface area (Å²) in [4.78, 5) is 4.75. The largest absolute Gasteiger partial charge is 0.508 e. The van der Waals surface area contributed by atoms with Crippen LogP contribution in [0.4, 0.5) is 0 Å². The minimum Gasteiger partial charge on any atom is -0.508 e. The van der Waals surface area contributed by atoms with E-state index in [-0.39, 0.29) is 6.04 Å². The standard InChI is InChI=1S/C20H22N2O/c1-14(13-16-7-10-18(23)11-8-16)21-15(2)19-12-9-17-5-3-4-6-20(17)22-19/h3-12,14-15,21,23H,13H2,1-2H3/t14-,15-/m0/s1. The van der Waals surface area contributed by atoms with Crippen LogP contribution >= 0.6 is 0 Å². The second-order valence-electron chi connectivity index (χ2n) is 6.09. The third kappa shape index (κ3) is 3.88. The Bertz CT molecular complexity index is 783. The maximum Gasteiger partial charge on any atom is 0.115 e. The van der Waals surface area contributed by atoms with Gasteiger partial charge in [-0.15, -0.1) is 0 Å². The van der Waals surface area contributed by atoms with E-state index in [0.29, 0.717) is 11.8 Å². The summed E-state index contributed by atoms with van der Waals surface area (Å²) in [6.07, 6.45) is 0.915. The van der Waals surface area contributed by atoms with Crippen LogP contribution < -0.4 is 5.32 Å². The van der Waals surface area contributed by atoms with Crippen molar-refractivity contribution in [2.45, 2.75) is 32.4 Å². The van der Waals surface area contributed by atoms with Crippen LogP contribution in [-0.4, -0.2) is 16.1 Å². The number of rotatable bonds is 5. The Hall–Kier alpha value is -2.39. The third-order valence-electron chi connectivity index (χ3n) is 4.08. The first-order valence-corrected chi connectivity index (χ1v) is 8.01. The number of phenolic OH excluding ortho intramolecular Hbond substituents is 1. The first kappa shape index (κ1) is 15.5. The number of fused-ring (bicyclic) bond motifs is 1. The van der Waals surface area contributed by atoms with Crippen molar-refractivity contribution in [3.8, 4) is 5.75 Å². The summed E-state index contributed by atoms with van der Waals surface area (Å²) in [5.74, 6) is 0.308. The lowest BCUT2D eigenvalue weighted by molar-refractivity contribution is 0.467. The van der Waals surface area contributed by atoms with Crippen molar-refractivity contribution < 1.29 is 5.11 Å². The molecule has 0 fully saturated rings. The smallest absolute Gasteiger partial charge is 0.115 e. The first-order valence-electron chi connectivity index (χ1n) is 8.01. The molecule has 0 aliphatic rings. The van der Waals surface area contributed by atoms with Crippen molar-refractivity contribution in [1.82, 2.24) is 10.3 Å². The Labute approximate surface area is 137 Å². The van der Waals surface area contributed by atoms with E-state index < -0.39 is 0 Å². The van der Waals surface area contributed by atoms with Crippen LogP contribution in [-0.2, 0) is 6.42 Å². The first-order chi connectivity index (χ1) is 11.1. The van der Waals surface area contributed by atoms with Crippen molar-refractivity contribution >= 4 is 10.9 Å². The van der Waals surface area contributed by atoms with Crippen molar-refractivity contribution in [2.24, 2.45) is 0 Å². The summed E-state index contributed by atoms with van der Waals surface area (Å²) < 4.78 is 0. The fraction of sp³-hybridized carbons (Fsp3) is 0.250. The molecular formula is C20H22N2O. The molecule has 0 amide bonds. The molecule has 0 spiro atoms. The molecule has 0 unspecified atom stereocenters. The van der Waals surface area contributed by atoms with Gasteiger partial charge in [0, 0.05) is 17.5 Å². The molecule has 3 nitrogen and oxygen atoms in total. The Morgan fingerprint density at radius 3 is 2.48 bits per heavy atom. The Kier molecular flexibility index (Phi) is 4.58. The molecule has 2 aromatic carbocycles. The van der Waals surface area contributed by atoms with Gasteiger partial charge in [0.1, 0.15) is 5.75 Å². The number of para-hydroxylation sites is 1. The maximum atomic E-state index is 9.35. The molecule has 3 aromatic rings. The molecule has 23 heavy (non-hydrogen) atoms. The van der Waals surface area contributed by atoms with Gasteiger partial charge in [-0.2, -0.15) is 0 Å². The summed E-state index contributed by atoms with van der Waals surface area (Å²) in [6, 6.07) is 20.3. The molecule has 3 heteroatoms. The number of nitrogens with one attached hydrogen (secondary N) is 1. The lowest BCUT2D eigenvalue weighted by Crippen LogP contribution is -2.31. The maximum absolute atomic E-state index is 9.35. The molecule has 2 atom stereocenters. The second kappa shape index (κ2) is 6.80. The summed E-state index contributed by atoms with van der Waals surface area (Å²) >= 11 is 0. The average molecular weight is 306 g/mol. The van der Waals surface area contributed by atoms with Crippen LogP contribution in [0.3, 0.4) is 0 Å². The number of nitrogens with zero attached hydrogens (tertiary/aromatic N) is 1. The quantitative estimate of drug-likeness (QED) is 0.742.